The van der Waals surface area contributed by atoms with E-state index in [9.17, 15) is 0 Å². The van der Waals surface area contributed by atoms with Gasteiger partial charge in [-0.25, -0.2) is 0 Å². The molecule has 0 aliphatic carbocycles. The van der Waals surface area contributed by atoms with Crippen molar-refractivity contribution in [1.82, 2.24) is 0 Å². The van der Waals surface area contributed by atoms with Crippen molar-refractivity contribution in [2.75, 3.05) is 48.0 Å². The van der Waals surface area contributed by atoms with Gasteiger partial charge in [-0.15, -0.1) is 0 Å². The van der Waals surface area contributed by atoms with Gasteiger partial charge in [0.05, 0.1) is 0 Å². The van der Waals surface area contributed by atoms with E-state index in [1.807, 2.05) is 48.5 Å². The maximum absolute atomic E-state index is 5.50. The van der Waals surface area contributed by atoms with E-state index in [-0.39, 0.29) is 0 Å². The largest absolute Gasteiger partial charge is 0.536 e. The van der Waals surface area contributed by atoms with Crippen molar-refractivity contribution in [2.45, 2.75) is 0 Å². The molecule has 0 unspecified atom stereocenters. The van der Waals surface area contributed by atoms with Gasteiger partial charge >= 0.3 is 17.6 Å². The average molecular weight is 410 g/mol. The first-order valence-corrected chi connectivity index (χ1v) is 11.8. The van der Waals surface area contributed by atoms with Crippen LogP contribution in [0.4, 0.5) is 11.4 Å². The van der Waals surface area contributed by atoms with Gasteiger partial charge in [0.2, 0.25) is 0 Å². The lowest BCUT2D eigenvalue weighted by Gasteiger charge is -2.25. The Kier molecular flexibility index (Phi) is 7.71. The highest BCUT2D eigenvalue weighted by Gasteiger charge is 2.41. The third-order valence-corrected chi connectivity index (χ3v) is 9.68. The summed E-state index contributed by atoms with van der Waals surface area (Å²) in [5, 5.41) is 5.15. The van der Waals surface area contributed by atoms with Crippen molar-refractivity contribution in [3.63, 3.8) is 0 Å². The minimum atomic E-state index is -2.81. The van der Waals surface area contributed by atoms with Gasteiger partial charge in [-0.1, -0.05) is 24.3 Å². The molecule has 1 N–H and O–H groups in total. The number of benzene rings is 2. The van der Waals surface area contributed by atoms with E-state index in [1.54, 1.807) is 42.7 Å². The van der Waals surface area contributed by atoms with Crippen LogP contribution < -0.4 is 15.7 Å². The summed E-state index contributed by atoms with van der Waals surface area (Å²) in [6.45, 7) is 0. The van der Waals surface area contributed by atoms with Gasteiger partial charge in [-0.3, -0.25) is 0 Å². The maximum atomic E-state index is 5.50. The minimum absolute atomic E-state index is 0.895. The Morgan fingerprint density at radius 1 is 0.481 bits per heavy atom. The zero-order valence-electron chi connectivity index (χ0n) is 16.6. The Bertz CT molecular complexity index is 625. The van der Waals surface area contributed by atoms with Crippen LogP contribution in [0.3, 0.4) is 0 Å². The fourth-order valence-electron chi connectivity index (χ4n) is 2.89. The van der Waals surface area contributed by atoms with Crippen LogP contribution in [0.15, 0.2) is 48.5 Å². The Balaban J connectivity index is 2.16. The lowest BCUT2D eigenvalue weighted by Crippen LogP contribution is -2.54. The second-order valence-electron chi connectivity index (χ2n) is 5.62. The van der Waals surface area contributed by atoms with Gasteiger partial charge in [-0.2, -0.15) is 0 Å². The van der Waals surface area contributed by atoms with Crippen LogP contribution in [0.1, 0.15) is 0 Å². The van der Waals surface area contributed by atoms with Gasteiger partial charge in [0.15, 0.2) is 0 Å². The first kappa shape index (κ1) is 21.7. The summed E-state index contributed by atoms with van der Waals surface area (Å²) in [6, 6.07) is 15.6. The standard InChI is InChI=1S/C18H27NO6Si2/c1-20-26(21-2,22-3)17-11-7-15(8-12-17)19-16-9-13-18(14-10-16)27(23-4,24-5)25-6/h7-14,19H,1-6H3. The van der Waals surface area contributed by atoms with Gasteiger partial charge in [-0.05, 0) is 24.3 Å². The van der Waals surface area contributed by atoms with Crippen LogP contribution >= 0.6 is 0 Å². The topological polar surface area (TPSA) is 67.4 Å². The molecule has 0 spiro atoms. The van der Waals surface area contributed by atoms with Crippen molar-refractivity contribution in [3.05, 3.63) is 48.5 Å². The molecule has 148 valence electrons. The fraction of sp³-hybridized carbons (Fsp3) is 0.333. The third kappa shape index (κ3) is 4.47. The Labute approximate surface area is 162 Å². The highest BCUT2D eigenvalue weighted by atomic mass is 28.4. The number of hydrogen-bond acceptors (Lipinski definition) is 7. The molecule has 7 nitrogen and oxygen atoms in total. The number of nitrogens with one attached hydrogen (secondary N) is 1. The molecule has 0 aromatic heterocycles. The smallest absolute Gasteiger partial charge is 0.373 e. The van der Waals surface area contributed by atoms with Crippen LogP contribution in [0, 0.1) is 0 Å². The average Bonchev–Trinajstić information content (AvgIpc) is 2.74. The fourth-order valence-corrected chi connectivity index (χ4v) is 6.45. The van der Waals surface area contributed by atoms with Crippen molar-refractivity contribution in [3.8, 4) is 0 Å². The van der Waals surface area contributed by atoms with E-state index in [1.165, 1.54) is 0 Å². The van der Waals surface area contributed by atoms with Crippen molar-refractivity contribution >= 4 is 39.4 Å². The summed E-state index contributed by atoms with van der Waals surface area (Å²) in [6.07, 6.45) is 0. The predicted octanol–water partition coefficient (Wildman–Crippen LogP) is 1.60. The number of anilines is 2. The van der Waals surface area contributed by atoms with E-state index in [2.05, 4.69) is 5.32 Å². The summed E-state index contributed by atoms with van der Waals surface area (Å²) in [4.78, 5) is 0. The molecule has 0 radical (unpaired) electrons. The van der Waals surface area contributed by atoms with Gasteiger partial charge in [0, 0.05) is 64.4 Å². The van der Waals surface area contributed by atoms with E-state index in [0.29, 0.717) is 0 Å². The number of hydrogen-bond donors (Lipinski definition) is 1. The van der Waals surface area contributed by atoms with E-state index < -0.39 is 17.6 Å². The maximum Gasteiger partial charge on any atom is 0.536 e. The van der Waals surface area contributed by atoms with Gasteiger partial charge in [0.25, 0.3) is 0 Å². The lowest BCUT2D eigenvalue weighted by molar-refractivity contribution is 0.140. The summed E-state index contributed by atoms with van der Waals surface area (Å²) in [5.74, 6) is 0. The van der Waals surface area contributed by atoms with E-state index in [0.717, 1.165) is 21.7 Å². The van der Waals surface area contributed by atoms with Crippen molar-refractivity contribution < 1.29 is 26.6 Å². The summed E-state index contributed by atoms with van der Waals surface area (Å²) < 4.78 is 33.0. The lowest BCUT2D eigenvalue weighted by atomic mass is 10.2. The van der Waals surface area contributed by atoms with E-state index in [4.69, 9.17) is 26.6 Å². The molecule has 0 heterocycles. The second kappa shape index (κ2) is 9.58. The number of rotatable bonds is 10. The molecule has 0 amide bonds. The second-order valence-corrected chi connectivity index (χ2v) is 11.4. The van der Waals surface area contributed by atoms with Crippen LogP contribution in [0.25, 0.3) is 0 Å². The van der Waals surface area contributed by atoms with E-state index >= 15 is 0 Å². The van der Waals surface area contributed by atoms with Crippen molar-refractivity contribution in [1.29, 1.82) is 0 Å². The predicted molar refractivity (Wildman–Crippen MR) is 109 cm³/mol. The highest BCUT2D eigenvalue weighted by Crippen LogP contribution is 2.17. The first-order chi connectivity index (χ1) is 13.0. The molecule has 9 heteroatoms. The van der Waals surface area contributed by atoms with Crippen LogP contribution in [-0.4, -0.2) is 60.3 Å². The zero-order chi connectivity index (χ0) is 19.9. The highest BCUT2D eigenvalue weighted by molar-refractivity contribution is 6.75. The zero-order valence-corrected chi connectivity index (χ0v) is 18.6. The van der Waals surface area contributed by atoms with Crippen molar-refractivity contribution in [2.24, 2.45) is 0 Å². The summed E-state index contributed by atoms with van der Waals surface area (Å²) in [5.41, 5.74) is 1.87. The molecule has 0 bridgehead atoms. The molecular weight excluding hydrogens is 382 g/mol. The molecule has 0 fully saturated rings. The molecule has 0 aliphatic heterocycles. The molecule has 2 rings (SSSR count). The summed E-state index contributed by atoms with van der Waals surface area (Å²) >= 11 is 0. The Morgan fingerprint density at radius 3 is 0.963 bits per heavy atom. The van der Waals surface area contributed by atoms with Crippen LogP contribution in [-0.2, 0) is 26.6 Å². The van der Waals surface area contributed by atoms with Crippen LogP contribution in [0.5, 0.6) is 0 Å². The summed E-state index contributed by atoms with van der Waals surface area (Å²) in [7, 11) is 3.93. The third-order valence-electron chi connectivity index (χ3n) is 4.38. The normalized spacial score (nSPS) is 12.2. The molecule has 0 aliphatic rings. The molecule has 0 saturated heterocycles. The molecule has 2 aromatic carbocycles. The molecular formula is C18H27NO6Si2. The van der Waals surface area contributed by atoms with Gasteiger partial charge in [0.1, 0.15) is 0 Å². The Morgan fingerprint density at radius 2 is 0.741 bits per heavy atom. The Hall–Kier alpha value is -1.57. The minimum Gasteiger partial charge on any atom is -0.373 e. The SMILES string of the molecule is CO[Si](OC)(OC)c1ccc(Nc2ccc([Si](OC)(OC)OC)cc2)cc1. The molecule has 2 aromatic rings. The first-order valence-electron chi connectivity index (χ1n) is 8.32. The van der Waals surface area contributed by atoms with Crippen LogP contribution in [0.2, 0.25) is 0 Å². The molecule has 27 heavy (non-hydrogen) atoms. The molecule has 0 saturated carbocycles. The molecule has 0 atom stereocenters. The quantitative estimate of drug-likeness (QED) is 0.598. The van der Waals surface area contributed by atoms with Gasteiger partial charge < -0.3 is 31.9 Å². The monoisotopic (exact) mass is 409 g/mol.